The van der Waals surface area contributed by atoms with Gasteiger partial charge in [-0.15, -0.1) is 0 Å². The maximum atomic E-state index is 13.6. The summed E-state index contributed by atoms with van der Waals surface area (Å²) < 4.78 is 13.6. The Morgan fingerprint density at radius 1 is 1.35 bits per heavy atom. The lowest BCUT2D eigenvalue weighted by molar-refractivity contribution is -0.131. The molecule has 2 rings (SSSR count). The topological polar surface area (TPSA) is 40.5 Å². The van der Waals surface area contributed by atoms with Crippen molar-refractivity contribution in [3.8, 4) is 0 Å². The van der Waals surface area contributed by atoms with Gasteiger partial charge in [-0.3, -0.25) is 4.90 Å². The van der Waals surface area contributed by atoms with Crippen LogP contribution in [0.25, 0.3) is 6.08 Å². The minimum Gasteiger partial charge on any atom is -0.478 e. The zero-order valence-electron chi connectivity index (χ0n) is 11.8. The first-order valence-corrected chi connectivity index (χ1v) is 6.87. The number of hydrogen-bond donors (Lipinski definition) is 1. The molecule has 0 bridgehead atoms. The Hall–Kier alpha value is -1.68. The molecule has 1 N–H and O–H groups in total. The Kier molecular flexibility index (Phi) is 4.55. The summed E-state index contributed by atoms with van der Waals surface area (Å²) >= 11 is 0. The predicted molar refractivity (Wildman–Crippen MR) is 76.7 cm³/mol. The van der Waals surface area contributed by atoms with Crippen LogP contribution in [0.15, 0.2) is 24.3 Å². The van der Waals surface area contributed by atoms with Crippen molar-refractivity contribution in [2.75, 3.05) is 13.1 Å². The van der Waals surface area contributed by atoms with E-state index in [0.717, 1.165) is 24.7 Å². The second kappa shape index (κ2) is 6.18. The summed E-state index contributed by atoms with van der Waals surface area (Å²) in [5, 5.41) is 8.61. The second-order valence-corrected chi connectivity index (χ2v) is 5.71. The third-order valence-corrected chi connectivity index (χ3v) is 3.87. The van der Waals surface area contributed by atoms with Gasteiger partial charge in [0, 0.05) is 25.7 Å². The van der Waals surface area contributed by atoms with Gasteiger partial charge in [0.25, 0.3) is 0 Å². The van der Waals surface area contributed by atoms with Crippen molar-refractivity contribution in [1.82, 2.24) is 4.90 Å². The van der Waals surface area contributed by atoms with Crippen molar-refractivity contribution in [2.45, 2.75) is 20.4 Å². The Morgan fingerprint density at radius 2 is 2.00 bits per heavy atom. The van der Waals surface area contributed by atoms with E-state index >= 15 is 0 Å². The molecule has 1 aliphatic heterocycles. The summed E-state index contributed by atoms with van der Waals surface area (Å²) in [6, 6.07) is 4.71. The SMILES string of the molecule is CC1CN(Cc2cc(F)cc(C=CC(=O)O)c2)CC1C. The molecule has 1 aromatic carbocycles. The third-order valence-electron chi connectivity index (χ3n) is 3.87. The number of rotatable bonds is 4. The van der Waals surface area contributed by atoms with Crippen LogP contribution in [0.3, 0.4) is 0 Å². The van der Waals surface area contributed by atoms with Gasteiger partial charge in [-0.25, -0.2) is 9.18 Å². The summed E-state index contributed by atoms with van der Waals surface area (Å²) in [5.41, 5.74) is 1.47. The number of carboxylic acids is 1. The molecule has 2 unspecified atom stereocenters. The van der Waals surface area contributed by atoms with Crippen molar-refractivity contribution >= 4 is 12.0 Å². The van der Waals surface area contributed by atoms with Crippen LogP contribution < -0.4 is 0 Å². The molecule has 0 radical (unpaired) electrons. The minimum absolute atomic E-state index is 0.326. The molecular formula is C16H20FNO2. The fourth-order valence-electron chi connectivity index (χ4n) is 2.67. The van der Waals surface area contributed by atoms with Crippen molar-refractivity contribution in [2.24, 2.45) is 11.8 Å². The minimum atomic E-state index is -1.03. The fraction of sp³-hybridized carbons (Fsp3) is 0.438. The molecule has 1 heterocycles. The van der Waals surface area contributed by atoms with Crippen LogP contribution in [0.2, 0.25) is 0 Å². The Bertz CT molecular complexity index is 517. The number of hydrogen-bond acceptors (Lipinski definition) is 2. The highest BCUT2D eigenvalue weighted by Gasteiger charge is 2.25. The molecule has 1 aromatic rings. The van der Waals surface area contributed by atoms with Crippen LogP contribution in [0.4, 0.5) is 4.39 Å². The van der Waals surface area contributed by atoms with Crippen molar-refractivity contribution < 1.29 is 14.3 Å². The van der Waals surface area contributed by atoms with Crippen LogP contribution in [0.5, 0.6) is 0 Å². The molecule has 4 heteroatoms. The average Bonchev–Trinajstić information content (AvgIpc) is 2.65. The van der Waals surface area contributed by atoms with E-state index in [1.807, 2.05) is 6.07 Å². The monoisotopic (exact) mass is 277 g/mol. The van der Waals surface area contributed by atoms with Gasteiger partial charge < -0.3 is 5.11 Å². The van der Waals surface area contributed by atoms with Gasteiger partial charge >= 0.3 is 5.97 Å². The molecule has 0 spiro atoms. The quantitative estimate of drug-likeness (QED) is 0.860. The van der Waals surface area contributed by atoms with E-state index < -0.39 is 5.97 Å². The summed E-state index contributed by atoms with van der Waals surface area (Å²) in [6.07, 6.45) is 2.45. The van der Waals surface area contributed by atoms with E-state index in [0.29, 0.717) is 23.9 Å². The molecule has 0 amide bonds. The van der Waals surface area contributed by atoms with Gasteiger partial charge in [-0.2, -0.15) is 0 Å². The lowest BCUT2D eigenvalue weighted by atomic mass is 10.0. The molecule has 0 saturated carbocycles. The van der Waals surface area contributed by atoms with Crippen molar-refractivity contribution in [3.63, 3.8) is 0 Å². The molecule has 1 saturated heterocycles. The molecule has 2 atom stereocenters. The number of nitrogens with zero attached hydrogens (tertiary/aromatic N) is 1. The summed E-state index contributed by atoms with van der Waals surface area (Å²) in [5.74, 6) is -0.0318. The molecule has 0 aromatic heterocycles. The maximum Gasteiger partial charge on any atom is 0.328 e. The molecule has 20 heavy (non-hydrogen) atoms. The normalized spacial score (nSPS) is 23.6. The van der Waals surface area contributed by atoms with E-state index in [-0.39, 0.29) is 5.82 Å². The average molecular weight is 277 g/mol. The number of carbonyl (C=O) groups is 1. The smallest absolute Gasteiger partial charge is 0.328 e. The highest BCUT2D eigenvalue weighted by Crippen LogP contribution is 2.24. The van der Waals surface area contributed by atoms with Gasteiger partial charge in [0.05, 0.1) is 0 Å². The van der Waals surface area contributed by atoms with Crippen LogP contribution >= 0.6 is 0 Å². The highest BCUT2D eigenvalue weighted by molar-refractivity contribution is 5.85. The second-order valence-electron chi connectivity index (χ2n) is 5.71. The Balaban J connectivity index is 2.10. The molecule has 108 valence electrons. The van der Waals surface area contributed by atoms with E-state index in [9.17, 15) is 9.18 Å². The molecule has 0 aliphatic carbocycles. The number of benzene rings is 1. The molecule has 3 nitrogen and oxygen atoms in total. The van der Waals surface area contributed by atoms with Crippen LogP contribution in [0.1, 0.15) is 25.0 Å². The first kappa shape index (κ1) is 14.7. The van der Waals surface area contributed by atoms with Gasteiger partial charge in [-0.1, -0.05) is 19.9 Å². The van der Waals surface area contributed by atoms with E-state index in [2.05, 4.69) is 18.7 Å². The van der Waals surface area contributed by atoms with Gasteiger partial charge in [0.1, 0.15) is 5.82 Å². The predicted octanol–water partition coefficient (Wildman–Crippen LogP) is 3.01. The zero-order valence-corrected chi connectivity index (χ0v) is 11.8. The molecular weight excluding hydrogens is 257 g/mol. The summed E-state index contributed by atoms with van der Waals surface area (Å²) in [6.45, 7) is 7.23. The number of carboxylic acid groups (broad SMARTS) is 1. The molecule has 1 fully saturated rings. The van der Waals surface area contributed by atoms with Gasteiger partial charge in [-0.05, 0) is 41.2 Å². The highest BCUT2D eigenvalue weighted by atomic mass is 19.1. The van der Waals surface area contributed by atoms with Gasteiger partial charge in [0.15, 0.2) is 0 Å². The Morgan fingerprint density at radius 3 is 2.60 bits per heavy atom. The molecule has 1 aliphatic rings. The number of likely N-dealkylation sites (tertiary alicyclic amines) is 1. The van der Waals surface area contributed by atoms with E-state index in [4.69, 9.17) is 5.11 Å². The van der Waals surface area contributed by atoms with E-state index in [1.54, 1.807) is 0 Å². The van der Waals surface area contributed by atoms with Gasteiger partial charge in [0.2, 0.25) is 0 Å². The fourth-order valence-corrected chi connectivity index (χ4v) is 2.67. The largest absolute Gasteiger partial charge is 0.478 e. The standard InChI is InChI=1S/C16H20FNO2/c1-11-8-18(9-12(11)2)10-14-5-13(3-4-16(19)20)6-15(17)7-14/h3-7,11-12H,8-10H2,1-2H3,(H,19,20). The van der Waals surface area contributed by atoms with Crippen molar-refractivity contribution in [3.05, 3.63) is 41.2 Å². The Labute approximate surface area is 118 Å². The summed E-state index contributed by atoms with van der Waals surface area (Å²) in [7, 11) is 0. The number of aliphatic carboxylic acids is 1. The summed E-state index contributed by atoms with van der Waals surface area (Å²) in [4.78, 5) is 12.8. The van der Waals surface area contributed by atoms with Crippen molar-refractivity contribution in [1.29, 1.82) is 0 Å². The number of halogens is 1. The first-order valence-electron chi connectivity index (χ1n) is 6.87. The third kappa shape index (κ3) is 3.90. The maximum absolute atomic E-state index is 13.6. The van der Waals surface area contributed by atoms with Crippen LogP contribution in [-0.2, 0) is 11.3 Å². The van der Waals surface area contributed by atoms with Crippen LogP contribution in [0, 0.1) is 17.7 Å². The first-order chi connectivity index (χ1) is 9.44. The lowest BCUT2D eigenvalue weighted by Gasteiger charge is -2.15. The van der Waals surface area contributed by atoms with E-state index in [1.165, 1.54) is 18.2 Å². The van der Waals surface area contributed by atoms with Crippen LogP contribution in [-0.4, -0.2) is 29.1 Å². The zero-order chi connectivity index (χ0) is 14.7. The lowest BCUT2D eigenvalue weighted by Crippen LogP contribution is -2.20.